The Labute approximate surface area is 269 Å². The number of fused-ring (bicyclic) bond motifs is 6. The molecule has 214 valence electrons. The molecule has 3 aromatic heterocycles. The summed E-state index contributed by atoms with van der Waals surface area (Å²) in [7, 11) is 0. The maximum Gasteiger partial charge on any atom is 0.189 e. The number of rotatable bonds is 4. The zero-order valence-corrected chi connectivity index (χ0v) is 25.4. The highest BCUT2D eigenvalue weighted by molar-refractivity contribution is 7.26. The fourth-order valence-electron chi connectivity index (χ4n) is 6.58. The molecule has 0 aliphatic rings. The molecule has 9 aromatic rings. The largest absolute Gasteiger partial charge is 0.310 e. The number of hydrogen-bond acceptors (Lipinski definition) is 3. The van der Waals surface area contributed by atoms with Crippen molar-refractivity contribution in [3.8, 4) is 39.5 Å². The second kappa shape index (κ2) is 10.5. The molecule has 0 saturated heterocycles. The number of para-hydroxylation sites is 2. The molecule has 5 heteroatoms. The van der Waals surface area contributed by atoms with Crippen molar-refractivity contribution < 1.29 is 0 Å². The molecular formula is C41H24N4S. The average molecular weight is 605 g/mol. The Morgan fingerprint density at radius 2 is 1.24 bits per heavy atom. The standard InChI is InChI=1S/C41H24N4S/c1-42-29-23-28(24-30(25-29)45-34-20-10-8-17-32(34)33-18-9-11-21-35(33)45)31-19-12-22-36-37(31)39-40(46-36)38(26-13-4-2-5-14-26)43-41(44-39)27-15-6-3-7-16-27/h2-25H. The molecule has 0 aliphatic carbocycles. The van der Waals surface area contributed by atoms with Crippen LogP contribution in [-0.4, -0.2) is 14.5 Å². The van der Waals surface area contributed by atoms with Crippen LogP contribution in [-0.2, 0) is 0 Å². The van der Waals surface area contributed by atoms with Crippen molar-refractivity contribution >= 4 is 59.1 Å². The first-order valence-electron chi connectivity index (χ1n) is 15.1. The van der Waals surface area contributed by atoms with Crippen LogP contribution >= 0.6 is 11.3 Å². The van der Waals surface area contributed by atoms with Crippen LogP contribution in [0.4, 0.5) is 5.69 Å². The van der Waals surface area contributed by atoms with Gasteiger partial charge < -0.3 is 4.57 Å². The van der Waals surface area contributed by atoms with Crippen LogP contribution in [0.2, 0.25) is 0 Å². The summed E-state index contributed by atoms with van der Waals surface area (Å²) in [4.78, 5) is 14.3. The summed E-state index contributed by atoms with van der Waals surface area (Å²) in [5.41, 5.74) is 9.70. The van der Waals surface area contributed by atoms with Crippen LogP contribution in [0.3, 0.4) is 0 Å². The first-order chi connectivity index (χ1) is 22.8. The van der Waals surface area contributed by atoms with Crippen LogP contribution in [0.25, 0.3) is 86.4 Å². The van der Waals surface area contributed by atoms with Gasteiger partial charge in [-0.1, -0.05) is 109 Å². The van der Waals surface area contributed by atoms with Crippen LogP contribution in [0.15, 0.2) is 146 Å². The molecule has 3 heterocycles. The van der Waals surface area contributed by atoms with Gasteiger partial charge in [0.1, 0.15) is 0 Å². The molecule has 46 heavy (non-hydrogen) atoms. The van der Waals surface area contributed by atoms with Crippen LogP contribution in [0, 0.1) is 6.57 Å². The molecule has 0 amide bonds. The molecule has 0 saturated carbocycles. The quantitative estimate of drug-likeness (QED) is 0.187. The topological polar surface area (TPSA) is 35.1 Å². The van der Waals surface area contributed by atoms with E-state index in [4.69, 9.17) is 16.5 Å². The first-order valence-corrected chi connectivity index (χ1v) is 15.9. The fourth-order valence-corrected chi connectivity index (χ4v) is 7.76. The molecule has 0 fully saturated rings. The van der Waals surface area contributed by atoms with Crippen molar-refractivity contribution in [2.45, 2.75) is 0 Å². The van der Waals surface area contributed by atoms with Gasteiger partial charge in [0.15, 0.2) is 11.5 Å². The van der Waals surface area contributed by atoms with Gasteiger partial charge in [-0.3, -0.25) is 0 Å². The SMILES string of the molecule is [C-]#[N+]c1cc(-c2cccc3sc4c(-c5ccccc5)nc(-c5ccccc5)nc4c23)cc(-n2c3ccccc3c3ccccc32)c1. The predicted octanol–water partition coefficient (Wildman–Crippen LogP) is 11.5. The minimum atomic E-state index is 0.593. The van der Waals surface area contributed by atoms with E-state index in [1.807, 2.05) is 36.4 Å². The molecular weight excluding hydrogens is 581 g/mol. The zero-order chi connectivity index (χ0) is 30.6. The summed E-state index contributed by atoms with van der Waals surface area (Å²) in [6, 6.07) is 50.1. The molecule has 0 aliphatic heterocycles. The highest BCUT2D eigenvalue weighted by atomic mass is 32.1. The molecule has 0 N–H and O–H groups in total. The van der Waals surface area contributed by atoms with Crippen LogP contribution in [0.5, 0.6) is 0 Å². The van der Waals surface area contributed by atoms with Crippen LogP contribution in [0.1, 0.15) is 0 Å². The lowest BCUT2D eigenvalue weighted by atomic mass is 9.99. The molecule has 0 atom stereocenters. The van der Waals surface area contributed by atoms with Gasteiger partial charge in [-0.2, -0.15) is 0 Å². The molecule has 0 radical (unpaired) electrons. The van der Waals surface area contributed by atoms with Gasteiger partial charge in [-0.05, 0) is 47.5 Å². The first kappa shape index (κ1) is 26.3. The smallest absolute Gasteiger partial charge is 0.189 e. The number of hydrogen-bond donors (Lipinski definition) is 0. The predicted molar refractivity (Wildman–Crippen MR) is 192 cm³/mol. The number of aromatic nitrogens is 3. The van der Waals surface area contributed by atoms with Gasteiger partial charge in [0.05, 0.1) is 33.5 Å². The number of benzene rings is 6. The van der Waals surface area contributed by atoms with Crippen molar-refractivity contribution in [3.05, 3.63) is 157 Å². The van der Waals surface area contributed by atoms with Gasteiger partial charge in [0.25, 0.3) is 0 Å². The van der Waals surface area contributed by atoms with Gasteiger partial charge in [-0.15, -0.1) is 11.3 Å². The Morgan fingerprint density at radius 1 is 0.587 bits per heavy atom. The third-order valence-corrected chi connectivity index (χ3v) is 9.75. The molecule has 6 aromatic carbocycles. The van der Waals surface area contributed by atoms with Crippen molar-refractivity contribution in [3.63, 3.8) is 0 Å². The lowest BCUT2D eigenvalue weighted by Gasteiger charge is -2.13. The van der Waals surface area contributed by atoms with Gasteiger partial charge in [0.2, 0.25) is 0 Å². The summed E-state index contributed by atoms with van der Waals surface area (Å²) in [6.45, 7) is 8.06. The highest BCUT2D eigenvalue weighted by Gasteiger charge is 2.20. The summed E-state index contributed by atoms with van der Waals surface area (Å²) in [5, 5.41) is 3.46. The van der Waals surface area contributed by atoms with E-state index in [0.29, 0.717) is 11.5 Å². The van der Waals surface area contributed by atoms with Gasteiger partial charge in [-0.25, -0.2) is 14.8 Å². The van der Waals surface area contributed by atoms with Gasteiger partial charge in [0, 0.05) is 37.7 Å². The Bertz CT molecular complexity index is 2590. The lowest BCUT2D eigenvalue weighted by Crippen LogP contribution is -1.95. The van der Waals surface area contributed by atoms with E-state index in [1.54, 1.807) is 11.3 Å². The van der Waals surface area contributed by atoms with E-state index in [0.717, 1.165) is 65.0 Å². The molecule has 0 bridgehead atoms. The van der Waals surface area contributed by atoms with E-state index in [-0.39, 0.29) is 0 Å². The normalized spacial score (nSPS) is 11.5. The van der Waals surface area contributed by atoms with Crippen molar-refractivity contribution in [1.29, 1.82) is 0 Å². The number of nitrogens with zero attached hydrogens (tertiary/aromatic N) is 4. The van der Waals surface area contributed by atoms with E-state index < -0.39 is 0 Å². The van der Waals surface area contributed by atoms with Crippen molar-refractivity contribution in [2.75, 3.05) is 0 Å². The summed E-state index contributed by atoms with van der Waals surface area (Å²) in [6.07, 6.45) is 0. The minimum absolute atomic E-state index is 0.593. The fraction of sp³-hybridized carbons (Fsp3) is 0. The maximum atomic E-state index is 8.06. The monoisotopic (exact) mass is 604 g/mol. The van der Waals surface area contributed by atoms with E-state index in [2.05, 4.69) is 119 Å². The molecule has 0 unspecified atom stereocenters. The maximum absolute atomic E-state index is 8.06. The van der Waals surface area contributed by atoms with Crippen molar-refractivity contribution in [1.82, 2.24) is 14.5 Å². The summed E-state index contributed by atoms with van der Waals surface area (Å²) >= 11 is 1.72. The summed E-state index contributed by atoms with van der Waals surface area (Å²) in [5.74, 6) is 0.697. The Balaban J connectivity index is 1.35. The Hall–Kier alpha value is -6.09. The second-order valence-corrected chi connectivity index (χ2v) is 12.4. The molecule has 4 nitrogen and oxygen atoms in total. The highest BCUT2D eigenvalue weighted by Crippen LogP contribution is 2.44. The molecule has 9 rings (SSSR count). The molecule has 0 spiro atoms. The zero-order valence-electron chi connectivity index (χ0n) is 24.6. The number of thiophene rings is 1. The summed E-state index contributed by atoms with van der Waals surface area (Å²) < 4.78 is 4.46. The third-order valence-electron chi connectivity index (χ3n) is 8.60. The third kappa shape index (κ3) is 4.12. The average Bonchev–Trinajstić information content (AvgIpc) is 3.68. The minimum Gasteiger partial charge on any atom is -0.310 e. The second-order valence-electron chi connectivity index (χ2n) is 11.3. The van der Waals surface area contributed by atoms with E-state index >= 15 is 0 Å². The van der Waals surface area contributed by atoms with E-state index in [9.17, 15) is 0 Å². The lowest BCUT2D eigenvalue weighted by molar-refractivity contribution is 1.18. The van der Waals surface area contributed by atoms with Crippen molar-refractivity contribution in [2.24, 2.45) is 0 Å². The Kier molecular flexibility index (Phi) is 6.02. The van der Waals surface area contributed by atoms with Gasteiger partial charge >= 0.3 is 0 Å². The van der Waals surface area contributed by atoms with Crippen LogP contribution < -0.4 is 0 Å². The Morgan fingerprint density at radius 3 is 1.93 bits per heavy atom. The van der Waals surface area contributed by atoms with E-state index in [1.165, 1.54) is 10.8 Å².